The molecule has 4 N–H and O–H groups in total. The minimum Gasteiger partial charge on any atom is -0.505 e. The average molecular weight is 171 g/mol. The molecule has 0 fully saturated rings. The standard InChI is InChI=1S/C8H10FNO2/c9-6-3-5(7(10)4-11)1-2-8(6)12/h1-3,7,11-12H,4,10H2/t7-/m1/s1. The molecule has 1 aromatic carbocycles. The molecule has 0 bridgehead atoms. The van der Waals surface area contributed by atoms with E-state index < -0.39 is 17.6 Å². The largest absolute Gasteiger partial charge is 0.505 e. The Bertz CT molecular complexity index is 278. The molecule has 0 saturated carbocycles. The molecule has 0 aliphatic rings. The van der Waals surface area contributed by atoms with Crippen LogP contribution < -0.4 is 5.73 Å². The van der Waals surface area contributed by atoms with Crippen LogP contribution in [0.4, 0.5) is 4.39 Å². The number of aliphatic hydroxyl groups excluding tert-OH is 1. The van der Waals surface area contributed by atoms with E-state index >= 15 is 0 Å². The maximum atomic E-state index is 12.7. The van der Waals surface area contributed by atoms with Gasteiger partial charge in [0.1, 0.15) is 0 Å². The van der Waals surface area contributed by atoms with E-state index in [2.05, 4.69) is 0 Å². The maximum Gasteiger partial charge on any atom is 0.165 e. The summed E-state index contributed by atoms with van der Waals surface area (Å²) in [5, 5.41) is 17.5. The normalized spacial score (nSPS) is 12.9. The van der Waals surface area contributed by atoms with Gasteiger partial charge in [-0.1, -0.05) is 6.07 Å². The summed E-state index contributed by atoms with van der Waals surface area (Å²) in [6, 6.07) is 3.19. The molecule has 0 amide bonds. The average Bonchev–Trinajstić information content (AvgIpc) is 2.08. The van der Waals surface area contributed by atoms with Crippen LogP contribution in [-0.2, 0) is 0 Å². The van der Waals surface area contributed by atoms with Crippen LogP contribution in [0.2, 0.25) is 0 Å². The van der Waals surface area contributed by atoms with Crippen molar-refractivity contribution in [3.05, 3.63) is 29.6 Å². The number of benzene rings is 1. The van der Waals surface area contributed by atoms with Gasteiger partial charge in [-0.3, -0.25) is 0 Å². The Morgan fingerprint density at radius 2 is 2.17 bits per heavy atom. The Balaban J connectivity index is 2.96. The summed E-state index contributed by atoms with van der Waals surface area (Å²) in [4.78, 5) is 0. The molecule has 0 aromatic heterocycles. The van der Waals surface area contributed by atoms with E-state index in [-0.39, 0.29) is 6.61 Å². The van der Waals surface area contributed by atoms with Gasteiger partial charge in [-0.2, -0.15) is 0 Å². The molecule has 4 heteroatoms. The van der Waals surface area contributed by atoms with Crippen molar-refractivity contribution in [1.82, 2.24) is 0 Å². The Hall–Kier alpha value is -1.13. The van der Waals surface area contributed by atoms with Gasteiger partial charge < -0.3 is 15.9 Å². The number of aliphatic hydroxyl groups is 1. The Kier molecular flexibility index (Phi) is 2.62. The summed E-state index contributed by atoms with van der Waals surface area (Å²) in [6.45, 7) is -0.246. The van der Waals surface area contributed by atoms with E-state index in [1.807, 2.05) is 0 Å². The molecule has 1 rings (SSSR count). The fraction of sp³-hybridized carbons (Fsp3) is 0.250. The Morgan fingerprint density at radius 3 is 2.67 bits per heavy atom. The van der Waals surface area contributed by atoms with Crippen molar-refractivity contribution in [3.8, 4) is 5.75 Å². The summed E-state index contributed by atoms with van der Waals surface area (Å²) in [6.07, 6.45) is 0. The number of phenols is 1. The van der Waals surface area contributed by atoms with E-state index in [4.69, 9.17) is 15.9 Å². The Labute approximate surface area is 69.3 Å². The zero-order chi connectivity index (χ0) is 9.14. The van der Waals surface area contributed by atoms with Crippen LogP contribution in [0, 0.1) is 5.82 Å². The highest BCUT2D eigenvalue weighted by atomic mass is 19.1. The summed E-state index contributed by atoms with van der Waals surface area (Å²) in [5.41, 5.74) is 5.88. The van der Waals surface area contributed by atoms with E-state index in [9.17, 15) is 4.39 Å². The van der Waals surface area contributed by atoms with Crippen molar-refractivity contribution in [2.24, 2.45) is 5.73 Å². The summed E-state index contributed by atoms with van der Waals surface area (Å²) < 4.78 is 12.7. The third-order valence-electron chi connectivity index (χ3n) is 1.60. The van der Waals surface area contributed by atoms with Gasteiger partial charge in [0.2, 0.25) is 0 Å². The van der Waals surface area contributed by atoms with Crippen LogP contribution in [-0.4, -0.2) is 16.8 Å². The maximum absolute atomic E-state index is 12.7. The predicted octanol–water partition coefficient (Wildman–Crippen LogP) is 0.523. The highest BCUT2D eigenvalue weighted by Gasteiger charge is 2.07. The van der Waals surface area contributed by atoms with E-state index in [1.54, 1.807) is 0 Å². The highest BCUT2D eigenvalue weighted by molar-refractivity contribution is 5.29. The van der Waals surface area contributed by atoms with E-state index in [0.29, 0.717) is 5.56 Å². The van der Waals surface area contributed by atoms with E-state index in [1.165, 1.54) is 12.1 Å². The molecule has 0 heterocycles. The van der Waals surface area contributed by atoms with Gasteiger partial charge in [0, 0.05) is 0 Å². The molecule has 0 spiro atoms. The SMILES string of the molecule is N[C@H](CO)c1ccc(O)c(F)c1. The first-order chi connectivity index (χ1) is 5.65. The number of aromatic hydroxyl groups is 1. The number of halogens is 1. The third kappa shape index (κ3) is 1.72. The van der Waals surface area contributed by atoms with Crippen molar-refractivity contribution >= 4 is 0 Å². The lowest BCUT2D eigenvalue weighted by Gasteiger charge is -2.08. The van der Waals surface area contributed by atoms with Gasteiger partial charge >= 0.3 is 0 Å². The summed E-state index contributed by atoms with van der Waals surface area (Å²) >= 11 is 0. The zero-order valence-corrected chi connectivity index (χ0v) is 6.37. The predicted molar refractivity (Wildman–Crippen MR) is 42.1 cm³/mol. The zero-order valence-electron chi connectivity index (χ0n) is 6.37. The molecule has 0 radical (unpaired) electrons. The number of hydrogen-bond acceptors (Lipinski definition) is 3. The molecule has 12 heavy (non-hydrogen) atoms. The van der Waals surface area contributed by atoms with Crippen molar-refractivity contribution in [1.29, 1.82) is 0 Å². The fourth-order valence-corrected chi connectivity index (χ4v) is 0.859. The molecule has 1 atom stereocenters. The van der Waals surface area contributed by atoms with Crippen LogP contribution in [0.5, 0.6) is 5.75 Å². The molecule has 0 aliphatic heterocycles. The quantitative estimate of drug-likeness (QED) is 0.607. The van der Waals surface area contributed by atoms with Gasteiger partial charge in [-0.05, 0) is 17.7 Å². The first-order valence-corrected chi connectivity index (χ1v) is 3.50. The first kappa shape index (κ1) is 8.96. The lowest BCUT2D eigenvalue weighted by molar-refractivity contribution is 0.267. The van der Waals surface area contributed by atoms with Gasteiger partial charge in [0.05, 0.1) is 12.6 Å². The number of nitrogens with two attached hydrogens (primary N) is 1. The van der Waals surface area contributed by atoms with Crippen LogP contribution in [0.3, 0.4) is 0 Å². The third-order valence-corrected chi connectivity index (χ3v) is 1.60. The molecule has 0 unspecified atom stereocenters. The first-order valence-electron chi connectivity index (χ1n) is 3.50. The second-order valence-corrected chi connectivity index (χ2v) is 2.50. The molecule has 66 valence electrons. The fourth-order valence-electron chi connectivity index (χ4n) is 0.859. The van der Waals surface area contributed by atoms with Crippen molar-refractivity contribution in [3.63, 3.8) is 0 Å². The van der Waals surface area contributed by atoms with Gasteiger partial charge in [-0.25, -0.2) is 4.39 Å². The second-order valence-electron chi connectivity index (χ2n) is 2.50. The molecular formula is C8H10FNO2. The van der Waals surface area contributed by atoms with Crippen LogP contribution >= 0.6 is 0 Å². The topological polar surface area (TPSA) is 66.5 Å². The molecular weight excluding hydrogens is 161 g/mol. The Morgan fingerprint density at radius 1 is 1.50 bits per heavy atom. The van der Waals surface area contributed by atoms with Crippen LogP contribution in [0.15, 0.2) is 18.2 Å². The second kappa shape index (κ2) is 3.51. The van der Waals surface area contributed by atoms with Gasteiger partial charge in [0.25, 0.3) is 0 Å². The lowest BCUT2D eigenvalue weighted by atomic mass is 10.1. The van der Waals surface area contributed by atoms with Crippen LogP contribution in [0.25, 0.3) is 0 Å². The lowest BCUT2D eigenvalue weighted by Crippen LogP contribution is -2.14. The molecule has 0 saturated heterocycles. The molecule has 3 nitrogen and oxygen atoms in total. The van der Waals surface area contributed by atoms with Gasteiger partial charge in [0.15, 0.2) is 11.6 Å². The van der Waals surface area contributed by atoms with Crippen molar-refractivity contribution in [2.45, 2.75) is 6.04 Å². The van der Waals surface area contributed by atoms with Crippen LogP contribution in [0.1, 0.15) is 11.6 Å². The minimum absolute atomic E-state index is 0.246. The summed E-state index contributed by atoms with van der Waals surface area (Å²) in [7, 11) is 0. The van der Waals surface area contributed by atoms with Gasteiger partial charge in [-0.15, -0.1) is 0 Å². The minimum atomic E-state index is -0.726. The van der Waals surface area contributed by atoms with Crippen molar-refractivity contribution in [2.75, 3.05) is 6.61 Å². The number of rotatable bonds is 2. The monoisotopic (exact) mass is 171 g/mol. The smallest absolute Gasteiger partial charge is 0.165 e. The van der Waals surface area contributed by atoms with Crippen molar-refractivity contribution < 1.29 is 14.6 Å². The number of hydrogen-bond donors (Lipinski definition) is 3. The molecule has 1 aromatic rings. The number of phenolic OH excluding ortho intramolecular Hbond substituents is 1. The van der Waals surface area contributed by atoms with E-state index in [0.717, 1.165) is 6.07 Å². The summed E-state index contributed by atoms with van der Waals surface area (Å²) in [5.74, 6) is -1.14. The highest BCUT2D eigenvalue weighted by Crippen LogP contribution is 2.19. The molecule has 0 aliphatic carbocycles.